The van der Waals surface area contributed by atoms with Crippen molar-refractivity contribution in [1.82, 2.24) is 9.97 Å². The van der Waals surface area contributed by atoms with Gasteiger partial charge in [0.25, 0.3) is 0 Å². The van der Waals surface area contributed by atoms with E-state index in [-0.39, 0.29) is 6.10 Å². The van der Waals surface area contributed by atoms with Crippen molar-refractivity contribution >= 4 is 22.5 Å². The van der Waals surface area contributed by atoms with Gasteiger partial charge in [0, 0.05) is 35.1 Å². The first-order valence-corrected chi connectivity index (χ1v) is 7.90. The van der Waals surface area contributed by atoms with Gasteiger partial charge in [0.15, 0.2) is 0 Å². The zero-order valence-corrected chi connectivity index (χ0v) is 12.8. The minimum absolute atomic E-state index is 0.272. The van der Waals surface area contributed by atoms with E-state index in [4.69, 9.17) is 10.5 Å². The van der Waals surface area contributed by atoms with Crippen LogP contribution in [0.5, 0.6) is 5.88 Å². The number of aromatic nitrogens is 2. The third kappa shape index (κ3) is 2.47. The first-order chi connectivity index (χ1) is 9.45. The Balaban J connectivity index is 2.14. The average Bonchev–Trinajstić information content (AvgIpc) is 2.31. The number of ether oxygens (including phenoxy) is 1. The molecule has 5 heteroatoms. The molecule has 4 nitrogen and oxygen atoms in total. The molecule has 2 N–H and O–H groups in total. The molecule has 0 aliphatic carbocycles. The van der Waals surface area contributed by atoms with E-state index in [1.807, 2.05) is 44.9 Å². The minimum atomic E-state index is -0.441. The fraction of sp³-hybridized carbons (Fsp3) is 0.467. The Morgan fingerprint density at radius 2 is 2.00 bits per heavy atom. The molecular formula is C15H19N3OS. The Kier molecular flexibility index (Phi) is 3.34. The highest BCUT2D eigenvalue weighted by Crippen LogP contribution is 2.33. The van der Waals surface area contributed by atoms with Crippen LogP contribution in [-0.2, 0) is 5.54 Å². The number of aryl methyl sites for hydroxylation is 1. The van der Waals surface area contributed by atoms with Crippen molar-refractivity contribution in [3.05, 3.63) is 29.7 Å². The van der Waals surface area contributed by atoms with Crippen LogP contribution in [0, 0.1) is 6.92 Å². The molecule has 0 aromatic carbocycles. The summed E-state index contributed by atoms with van der Waals surface area (Å²) in [6.07, 6.45) is 3.95. The molecule has 2 aromatic heterocycles. The van der Waals surface area contributed by atoms with Gasteiger partial charge in [0.2, 0.25) is 5.88 Å². The summed E-state index contributed by atoms with van der Waals surface area (Å²) in [6.45, 7) is 5.96. The fourth-order valence-electron chi connectivity index (χ4n) is 2.26. The van der Waals surface area contributed by atoms with Gasteiger partial charge >= 0.3 is 0 Å². The highest BCUT2D eigenvalue weighted by Gasteiger charge is 2.24. The maximum atomic E-state index is 6.26. The number of pyridine rings is 2. The summed E-state index contributed by atoms with van der Waals surface area (Å²) in [5, 5.41) is 2.03. The van der Waals surface area contributed by atoms with Crippen molar-refractivity contribution in [2.45, 2.75) is 32.4 Å². The first-order valence-electron chi connectivity index (χ1n) is 6.74. The zero-order valence-electron chi connectivity index (χ0n) is 12.0. The molecule has 0 unspecified atom stereocenters. The van der Waals surface area contributed by atoms with Crippen LogP contribution in [-0.4, -0.2) is 27.6 Å². The van der Waals surface area contributed by atoms with E-state index < -0.39 is 5.54 Å². The van der Waals surface area contributed by atoms with Crippen LogP contribution in [0.15, 0.2) is 18.5 Å². The number of nitrogens with two attached hydrogens (primary N) is 1. The number of nitrogens with zero attached hydrogens (tertiary/aromatic N) is 2. The number of hydrogen-bond donors (Lipinski definition) is 1. The zero-order chi connectivity index (χ0) is 14.3. The van der Waals surface area contributed by atoms with Gasteiger partial charge in [-0.1, -0.05) is 0 Å². The lowest BCUT2D eigenvalue weighted by atomic mass is 9.93. The van der Waals surface area contributed by atoms with Crippen LogP contribution in [0.4, 0.5) is 0 Å². The predicted molar refractivity (Wildman–Crippen MR) is 83.2 cm³/mol. The van der Waals surface area contributed by atoms with E-state index in [1.165, 1.54) is 0 Å². The van der Waals surface area contributed by atoms with Crippen LogP contribution >= 0.6 is 11.8 Å². The molecule has 0 radical (unpaired) electrons. The smallest absolute Gasteiger partial charge is 0.223 e. The molecule has 3 rings (SSSR count). The van der Waals surface area contributed by atoms with Gasteiger partial charge in [0.1, 0.15) is 6.10 Å². The number of rotatable bonds is 3. The normalized spacial score (nSPS) is 16.2. The molecule has 0 saturated carbocycles. The Hall–Kier alpha value is -1.33. The molecule has 20 heavy (non-hydrogen) atoms. The van der Waals surface area contributed by atoms with E-state index in [1.54, 1.807) is 0 Å². The van der Waals surface area contributed by atoms with Gasteiger partial charge in [-0.25, -0.2) is 4.98 Å². The van der Waals surface area contributed by atoms with Crippen molar-refractivity contribution in [2.75, 3.05) is 11.5 Å². The number of fused-ring (bicyclic) bond motifs is 1. The minimum Gasteiger partial charge on any atom is -0.472 e. The largest absolute Gasteiger partial charge is 0.472 e. The summed E-state index contributed by atoms with van der Waals surface area (Å²) in [6, 6.07) is 2.06. The van der Waals surface area contributed by atoms with Crippen LogP contribution in [0.3, 0.4) is 0 Å². The average molecular weight is 289 g/mol. The molecule has 0 bridgehead atoms. The van der Waals surface area contributed by atoms with Crippen molar-refractivity contribution in [3.63, 3.8) is 0 Å². The van der Waals surface area contributed by atoms with Gasteiger partial charge in [-0.05, 0) is 37.8 Å². The molecule has 1 saturated heterocycles. The van der Waals surface area contributed by atoms with E-state index in [2.05, 4.69) is 16.0 Å². The standard InChI is InChI=1S/C15H19N3OS/c1-9-4-11-12(5-17-9)14(19-10-7-20-8-10)18-6-13(11)15(2,3)16/h4-6,10H,7-8,16H2,1-3H3. The molecule has 106 valence electrons. The van der Waals surface area contributed by atoms with Crippen molar-refractivity contribution in [3.8, 4) is 5.88 Å². The SMILES string of the molecule is Cc1cc2c(C(C)(C)N)cnc(OC3CSC3)c2cn1. The van der Waals surface area contributed by atoms with Gasteiger partial charge in [-0.3, -0.25) is 4.98 Å². The van der Waals surface area contributed by atoms with Crippen LogP contribution < -0.4 is 10.5 Å². The monoisotopic (exact) mass is 289 g/mol. The summed E-state index contributed by atoms with van der Waals surface area (Å²) in [5.74, 6) is 2.74. The quantitative estimate of drug-likeness (QED) is 0.941. The van der Waals surface area contributed by atoms with Crippen LogP contribution in [0.2, 0.25) is 0 Å². The summed E-state index contributed by atoms with van der Waals surface area (Å²) in [7, 11) is 0. The van der Waals surface area contributed by atoms with Crippen LogP contribution in [0.1, 0.15) is 25.1 Å². The van der Waals surface area contributed by atoms with Gasteiger partial charge < -0.3 is 10.5 Å². The Bertz CT molecular complexity index is 647. The second kappa shape index (κ2) is 4.90. The molecule has 0 spiro atoms. The predicted octanol–water partition coefficient (Wildman–Crippen LogP) is 2.63. The number of hydrogen-bond acceptors (Lipinski definition) is 5. The third-order valence-electron chi connectivity index (χ3n) is 3.45. The van der Waals surface area contributed by atoms with Gasteiger partial charge in [-0.2, -0.15) is 11.8 Å². The molecule has 0 atom stereocenters. The van der Waals surface area contributed by atoms with Crippen molar-refractivity contribution < 1.29 is 4.74 Å². The lowest BCUT2D eigenvalue weighted by Gasteiger charge is -2.27. The van der Waals surface area contributed by atoms with E-state index in [0.717, 1.165) is 33.5 Å². The van der Waals surface area contributed by atoms with Crippen molar-refractivity contribution in [1.29, 1.82) is 0 Å². The fourth-order valence-corrected chi connectivity index (χ4v) is 2.83. The van der Waals surface area contributed by atoms with Gasteiger partial charge in [-0.15, -0.1) is 0 Å². The highest BCUT2D eigenvalue weighted by molar-refractivity contribution is 8.00. The molecule has 1 aliphatic rings. The second-order valence-electron chi connectivity index (χ2n) is 5.85. The summed E-state index contributed by atoms with van der Waals surface area (Å²) in [5.41, 5.74) is 7.81. The molecule has 3 heterocycles. The van der Waals surface area contributed by atoms with Crippen LogP contribution in [0.25, 0.3) is 10.8 Å². The maximum absolute atomic E-state index is 6.26. The van der Waals surface area contributed by atoms with Crippen molar-refractivity contribution in [2.24, 2.45) is 5.73 Å². The Morgan fingerprint density at radius 3 is 2.60 bits per heavy atom. The third-order valence-corrected chi connectivity index (χ3v) is 4.67. The number of thioether (sulfide) groups is 1. The summed E-state index contributed by atoms with van der Waals surface area (Å²) >= 11 is 1.89. The topological polar surface area (TPSA) is 61.0 Å². The van der Waals surface area contributed by atoms with E-state index in [9.17, 15) is 0 Å². The molecule has 1 fully saturated rings. The van der Waals surface area contributed by atoms with Gasteiger partial charge in [0.05, 0.1) is 5.39 Å². The maximum Gasteiger partial charge on any atom is 0.223 e. The highest BCUT2D eigenvalue weighted by atomic mass is 32.2. The second-order valence-corrected chi connectivity index (χ2v) is 6.92. The Morgan fingerprint density at radius 1 is 1.25 bits per heavy atom. The lowest BCUT2D eigenvalue weighted by molar-refractivity contribution is 0.234. The first kappa shape index (κ1) is 13.6. The molecule has 1 aliphatic heterocycles. The molecule has 0 amide bonds. The lowest BCUT2D eigenvalue weighted by Crippen LogP contribution is -2.32. The molecule has 2 aromatic rings. The van der Waals surface area contributed by atoms with E-state index >= 15 is 0 Å². The van der Waals surface area contributed by atoms with E-state index in [0.29, 0.717) is 5.88 Å². The summed E-state index contributed by atoms with van der Waals surface area (Å²) < 4.78 is 5.96. The Labute approximate surface area is 123 Å². The molecular weight excluding hydrogens is 270 g/mol. The summed E-state index contributed by atoms with van der Waals surface area (Å²) in [4.78, 5) is 8.85.